The zero-order valence-corrected chi connectivity index (χ0v) is 12.7. The predicted molar refractivity (Wildman–Crippen MR) is 84.9 cm³/mol. The Morgan fingerprint density at radius 2 is 1.76 bits per heavy atom. The van der Waals surface area contributed by atoms with Crippen molar-refractivity contribution >= 4 is 5.69 Å². The third-order valence-corrected chi connectivity index (χ3v) is 4.87. The molecule has 0 bridgehead atoms. The van der Waals surface area contributed by atoms with Crippen molar-refractivity contribution in [3.05, 3.63) is 29.6 Å². The largest absolute Gasteiger partial charge is 0.371 e. The van der Waals surface area contributed by atoms with Gasteiger partial charge in [-0.1, -0.05) is 0 Å². The summed E-state index contributed by atoms with van der Waals surface area (Å²) in [6.45, 7) is 6.28. The molecule has 2 fully saturated rings. The highest BCUT2D eigenvalue weighted by molar-refractivity contribution is 5.49. The molecular weight excluding hydrogens is 265 g/mol. The third kappa shape index (κ3) is 3.74. The molecule has 3 rings (SSSR count). The van der Waals surface area contributed by atoms with Crippen LogP contribution in [0.3, 0.4) is 0 Å². The van der Waals surface area contributed by atoms with Gasteiger partial charge in [-0.3, -0.25) is 0 Å². The van der Waals surface area contributed by atoms with E-state index in [0.717, 1.165) is 30.3 Å². The predicted octanol–water partition coefficient (Wildman–Crippen LogP) is 2.60. The Morgan fingerprint density at radius 3 is 2.43 bits per heavy atom. The normalized spacial score (nSPS) is 21.1. The summed E-state index contributed by atoms with van der Waals surface area (Å²) in [4.78, 5) is 4.91. The first kappa shape index (κ1) is 14.8. The number of benzene rings is 1. The minimum atomic E-state index is -0.174. The van der Waals surface area contributed by atoms with Crippen LogP contribution in [0.5, 0.6) is 0 Å². The van der Waals surface area contributed by atoms with Gasteiger partial charge >= 0.3 is 0 Å². The van der Waals surface area contributed by atoms with E-state index in [2.05, 4.69) is 9.80 Å². The van der Waals surface area contributed by atoms with Gasteiger partial charge < -0.3 is 15.5 Å². The van der Waals surface area contributed by atoms with Crippen LogP contribution in [-0.4, -0.2) is 37.6 Å². The molecule has 1 aromatic rings. The van der Waals surface area contributed by atoms with E-state index in [1.54, 1.807) is 6.07 Å². The molecule has 1 aromatic carbocycles. The zero-order chi connectivity index (χ0) is 14.7. The van der Waals surface area contributed by atoms with E-state index in [-0.39, 0.29) is 5.82 Å². The summed E-state index contributed by atoms with van der Waals surface area (Å²) >= 11 is 0. The summed E-state index contributed by atoms with van der Waals surface area (Å²) in [5.74, 6) is 0.633. The van der Waals surface area contributed by atoms with Crippen LogP contribution >= 0.6 is 0 Å². The van der Waals surface area contributed by atoms with Gasteiger partial charge in [0.2, 0.25) is 0 Å². The van der Waals surface area contributed by atoms with Gasteiger partial charge in [0.1, 0.15) is 5.82 Å². The lowest BCUT2D eigenvalue weighted by Gasteiger charge is -2.35. The summed E-state index contributed by atoms with van der Waals surface area (Å²) in [5.41, 5.74) is 7.51. The monoisotopic (exact) mass is 291 g/mol. The fourth-order valence-electron chi connectivity index (χ4n) is 3.64. The zero-order valence-electron chi connectivity index (χ0n) is 12.7. The molecule has 0 saturated carbocycles. The van der Waals surface area contributed by atoms with Crippen LogP contribution < -0.4 is 10.6 Å². The number of hydrogen-bond donors (Lipinski definition) is 1. The Balaban J connectivity index is 1.56. The number of halogens is 1. The maximum Gasteiger partial charge on any atom is 0.125 e. The van der Waals surface area contributed by atoms with E-state index in [4.69, 9.17) is 5.73 Å². The van der Waals surface area contributed by atoms with Crippen LogP contribution in [0.25, 0.3) is 0 Å². The number of piperidine rings is 1. The van der Waals surface area contributed by atoms with Crippen LogP contribution in [0.1, 0.15) is 31.2 Å². The molecule has 2 saturated heterocycles. The van der Waals surface area contributed by atoms with Gasteiger partial charge in [0.05, 0.1) is 0 Å². The van der Waals surface area contributed by atoms with Gasteiger partial charge in [-0.05, 0) is 68.5 Å². The fraction of sp³-hybridized carbons (Fsp3) is 0.647. The van der Waals surface area contributed by atoms with Crippen molar-refractivity contribution in [3.63, 3.8) is 0 Å². The maximum absolute atomic E-state index is 13.6. The quantitative estimate of drug-likeness (QED) is 0.925. The van der Waals surface area contributed by atoms with E-state index in [9.17, 15) is 4.39 Å². The summed E-state index contributed by atoms with van der Waals surface area (Å²) in [5, 5.41) is 0. The number of nitrogens with two attached hydrogens (primary N) is 1. The molecule has 0 radical (unpaired) electrons. The average Bonchev–Trinajstić information content (AvgIpc) is 3.00. The second kappa shape index (κ2) is 6.75. The Hall–Kier alpha value is -1.13. The topological polar surface area (TPSA) is 32.5 Å². The molecule has 0 unspecified atom stereocenters. The lowest BCUT2D eigenvalue weighted by atomic mass is 9.95. The Labute approximate surface area is 126 Å². The number of likely N-dealkylation sites (tertiary alicyclic amines) is 1. The lowest BCUT2D eigenvalue weighted by molar-refractivity contribution is 0.249. The highest BCUT2D eigenvalue weighted by Gasteiger charge is 2.23. The van der Waals surface area contributed by atoms with Crippen molar-refractivity contribution in [2.45, 2.75) is 32.2 Å². The molecule has 0 aliphatic carbocycles. The van der Waals surface area contributed by atoms with Crippen LogP contribution in [0.4, 0.5) is 10.1 Å². The molecular formula is C17H26FN3. The van der Waals surface area contributed by atoms with Gasteiger partial charge in [-0.25, -0.2) is 4.39 Å². The molecule has 0 spiro atoms. The number of hydrogen-bond acceptors (Lipinski definition) is 3. The van der Waals surface area contributed by atoms with Crippen LogP contribution in [-0.2, 0) is 6.54 Å². The third-order valence-electron chi connectivity index (χ3n) is 4.87. The number of anilines is 1. The lowest BCUT2D eigenvalue weighted by Crippen LogP contribution is -2.38. The number of nitrogens with zero attached hydrogens (tertiary/aromatic N) is 2. The van der Waals surface area contributed by atoms with Gasteiger partial charge in [-0.2, -0.15) is 0 Å². The van der Waals surface area contributed by atoms with Crippen LogP contribution in [0.15, 0.2) is 18.2 Å². The fourth-order valence-corrected chi connectivity index (χ4v) is 3.64. The van der Waals surface area contributed by atoms with Crippen LogP contribution in [0.2, 0.25) is 0 Å². The first-order chi connectivity index (χ1) is 10.2. The Bertz CT molecular complexity index is 463. The Kier molecular flexibility index (Phi) is 4.76. The van der Waals surface area contributed by atoms with E-state index in [1.807, 2.05) is 6.07 Å². The molecule has 0 aromatic heterocycles. The van der Waals surface area contributed by atoms with Crippen molar-refractivity contribution in [1.29, 1.82) is 0 Å². The molecule has 2 N–H and O–H groups in total. The summed E-state index contributed by atoms with van der Waals surface area (Å²) < 4.78 is 13.6. The summed E-state index contributed by atoms with van der Waals surface area (Å²) in [6.07, 6.45) is 5.16. The summed E-state index contributed by atoms with van der Waals surface area (Å²) in [7, 11) is 0. The minimum absolute atomic E-state index is 0.174. The van der Waals surface area contributed by atoms with Crippen LogP contribution in [0, 0.1) is 11.7 Å². The van der Waals surface area contributed by atoms with Gasteiger partial charge in [-0.15, -0.1) is 0 Å². The average molecular weight is 291 g/mol. The first-order valence-electron chi connectivity index (χ1n) is 8.21. The highest BCUT2D eigenvalue weighted by Crippen LogP contribution is 2.26. The molecule has 2 aliphatic heterocycles. The number of rotatable bonds is 4. The Morgan fingerprint density at radius 1 is 1.05 bits per heavy atom. The molecule has 4 heteroatoms. The van der Waals surface area contributed by atoms with Crippen molar-refractivity contribution in [2.75, 3.05) is 37.6 Å². The molecule has 0 atom stereocenters. The molecule has 116 valence electrons. The van der Waals surface area contributed by atoms with Crippen molar-refractivity contribution in [1.82, 2.24) is 4.90 Å². The molecule has 2 heterocycles. The highest BCUT2D eigenvalue weighted by atomic mass is 19.1. The van der Waals surface area contributed by atoms with Gasteiger partial charge in [0, 0.05) is 31.9 Å². The van der Waals surface area contributed by atoms with E-state index in [0.29, 0.717) is 6.54 Å². The van der Waals surface area contributed by atoms with E-state index in [1.165, 1.54) is 51.4 Å². The van der Waals surface area contributed by atoms with Crippen molar-refractivity contribution < 1.29 is 4.39 Å². The van der Waals surface area contributed by atoms with Gasteiger partial charge in [0.25, 0.3) is 0 Å². The first-order valence-corrected chi connectivity index (χ1v) is 8.21. The maximum atomic E-state index is 13.6. The minimum Gasteiger partial charge on any atom is -0.371 e. The van der Waals surface area contributed by atoms with Crippen molar-refractivity contribution in [3.8, 4) is 0 Å². The molecule has 3 nitrogen and oxygen atoms in total. The summed E-state index contributed by atoms with van der Waals surface area (Å²) in [6, 6.07) is 5.20. The van der Waals surface area contributed by atoms with E-state index < -0.39 is 0 Å². The molecule has 0 amide bonds. The smallest absolute Gasteiger partial charge is 0.125 e. The van der Waals surface area contributed by atoms with E-state index >= 15 is 0 Å². The van der Waals surface area contributed by atoms with Gasteiger partial charge in [0.15, 0.2) is 0 Å². The standard InChI is InChI=1S/C17H26FN3/c18-16-9-15(12-19)10-17(11-16)21-7-3-14(4-8-21)13-20-5-1-2-6-20/h9-11,14H,1-8,12-13,19H2. The second-order valence-electron chi connectivity index (χ2n) is 6.46. The SMILES string of the molecule is NCc1cc(F)cc(N2CCC(CN3CCCC3)CC2)c1. The second-order valence-corrected chi connectivity index (χ2v) is 6.46. The molecule has 21 heavy (non-hydrogen) atoms. The molecule has 2 aliphatic rings. The van der Waals surface area contributed by atoms with Crippen molar-refractivity contribution in [2.24, 2.45) is 11.7 Å².